The molecular formula is C36H35Cl4N3O4S. The summed E-state index contributed by atoms with van der Waals surface area (Å²) in [4.78, 5) is 30.2. The van der Waals surface area contributed by atoms with Crippen molar-refractivity contribution in [2.75, 3.05) is 10.8 Å². The normalized spacial score (nSPS) is 14.0. The van der Waals surface area contributed by atoms with Gasteiger partial charge in [-0.1, -0.05) is 113 Å². The van der Waals surface area contributed by atoms with Crippen LogP contribution in [-0.4, -0.2) is 43.8 Å². The zero-order valence-corrected chi connectivity index (χ0v) is 30.1. The summed E-state index contributed by atoms with van der Waals surface area (Å²) in [7, 11) is -4.34. The van der Waals surface area contributed by atoms with Crippen LogP contribution in [0.4, 0.5) is 5.69 Å². The molecule has 1 aliphatic carbocycles. The first-order valence-corrected chi connectivity index (χ1v) is 18.5. The van der Waals surface area contributed by atoms with Gasteiger partial charge in [0, 0.05) is 24.0 Å². The van der Waals surface area contributed by atoms with Gasteiger partial charge < -0.3 is 10.2 Å². The number of sulfonamides is 1. The summed E-state index contributed by atoms with van der Waals surface area (Å²) in [6.07, 6.45) is 3.90. The lowest BCUT2D eigenvalue weighted by molar-refractivity contribution is -0.140. The molecule has 0 bridgehead atoms. The minimum Gasteiger partial charge on any atom is -0.352 e. The molecule has 2 amide bonds. The highest BCUT2D eigenvalue weighted by Crippen LogP contribution is 2.34. The van der Waals surface area contributed by atoms with E-state index in [1.54, 1.807) is 30.3 Å². The maximum Gasteiger partial charge on any atom is 0.264 e. The zero-order valence-electron chi connectivity index (χ0n) is 26.2. The molecule has 7 nitrogen and oxygen atoms in total. The Labute approximate surface area is 301 Å². The maximum atomic E-state index is 14.7. The van der Waals surface area contributed by atoms with E-state index < -0.39 is 28.5 Å². The highest BCUT2D eigenvalue weighted by Gasteiger charge is 2.36. The second-order valence-electron chi connectivity index (χ2n) is 11.9. The van der Waals surface area contributed by atoms with Gasteiger partial charge >= 0.3 is 0 Å². The van der Waals surface area contributed by atoms with Crippen LogP contribution in [0, 0.1) is 6.92 Å². The average Bonchev–Trinajstić information content (AvgIpc) is 3.58. The molecular weight excluding hydrogens is 712 g/mol. The average molecular weight is 748 g/mol. The molecule has 0 radical (unpaired) electrons. The number of halogens is 4. The van der Waals surface area contributed by atoms with Gasteiger partial charge in [-0.2, -0.15) is 0 Å². The summed E-state index contributed by atoms with van der Waals surface area (Å²) >= 11 is 25.5. The van der Waals surface area contributed by atoms with Gasteiger partial charge in [-0.15, -0.1) is 0 Å². The minimum absolute atomic E-state index is 0.0126. The number of rotatable bonds is 12. The van der Waals surface area contributed by atoms with Crippen molar-refractivity contribution >= 4 is 73.9 Å². The van der Waals surface area contributed by atoms with Crippen LogP contribution in [0.25, 0.3) is 0 Å². The number of hydrogen-bond acceptors (Lipinski definition) is 4. The monoisotopic (exact) mass is 745 g/mol. The standard InChI is InChI=1S/C36H35Cl4N3O4S/c1-24-11-15-29(16-12-24)48(46,47)43(33-21-27(37)14-18-31(33)39)23-35(44)42(22-26-13-17-30(38)32(40)19-26)34(20-25-7-3-2-4-8-25)36(45)41-28-9-5-6-10-28/h2-4,7-8,11-19,21,28,34H,5-6,9-10,20,22-23H2,1H3,(H,41,45). The Morgan fingerprint density at radius 3 is 2.15 bits per heavy atom. The van der Waals surface area contributed by atoms with Crippen LogP contribution in [-0.2, 0) is 32.6 Å². The van der Waals surface area contributed by atoms with E-state index in [1.807, 2.05) is 37.3 Å². The molecule has 0 spiro atoms. The molecule has 1 N–H and O–H groups in total. The highest BCUT2D eigenvalue weighted by atomic mass is 35.5. The molecule has 1 atom stereocenters. The Bertz CT molecular complexity index is 1870. The van der Waals surface area contributed by atoms with E-state index in [2.05, 4.69) is 5.32 Å². The first kappa shape index (κ1) is 36.0. The third kappa shape index (κ3) is 8.84. The number of aryl methyl sites for hydroxylation is 1. The predicted octanol–water partition coefficient (Wildman–Crippen LogP) is 8.50. The quantitative estimate of drug-likeness (QED) is 0.158. The van der Waals surface area contributed by atoms with Crippen molar-refractivity contribution in [1.82, 2.24) is 10.2 Å². The molecule has 0 saturated heterocycles. The van der Waals surface area contributed by atoms with Crippen molar-refractivity contribution in [2.24, 2.45) is 0 Å². The fraction of sp³-hybridized carbons (Fsp3) is 0.278. The number of carbonyl (C=O) groups excluding carboxylic acids is 2. The number of nitrogens with one attached hydrogen (secondary N) is 1. The van der Waals surface area contributed by atoms with Gasteiger partial charge in [-0.25, -0.2) is 8.42 Å². The van der Waals surface area contributed by atoms with E-state index in [-0.39, 0.29) is 50.6 Å². The van der Waals surface area contributed by atoms with E-state index >= 15 is 0 Å². The van der Waals surface area contributed by atoms with Gasteiger partial charge in [0.1, 0.15) is 12.6 Å². The van der Waals surface area contributed by atoms with E-state index in [4.69, 9.17) is 46.4 Å². The zero-order chi connectivity index (χ0) is 34.4. The third-order valence-electron chi connectivity index (χ3n) is 8.37. The molecule has 1 unspecified atom stereocenters. The first-order chi connectivity index (χ1) is 22.9. The summed E-state index contributed by atoms with van der Waals surface area (Å²) in [5.74, 6) is -0.955. The van der Waals surface area contributed by atoms with E-state index in [0.717, 1.165) is 41.1 Å². The van der Waals surface area contributed by atoms with Crippen molar-refractivity contribution in [3.63, 3.8) is 0 Å². The molecule has 1 saturated carbocycles. The molecule has 12 heteroatoms. The van der Waals surface area contributed by atoms with Gasteiger partial charge in [-0.05, 0) is 73.4 Å². The van der Waals surface area contributed by atoms with Crippen LogP contribution in [0.2, 0.25) is 20.1 Å². The van der Waals surface area contributed by atoms with Gasteiger partial charge in [0.05, 0.1) is 25.7 Å². The lowest BCUT2D eigenvalue weighted by Gasteiger charge is -2.34. The van der Waals surface area contributed by atoms with Crippen LogP contribution in [0.3, 0.4) is 0 Å². The smallest absolute Gasteiger partial charge is 0.264 e. The van der Waals surface area contributed by atoms with Crippen molar-refractivity contribution in [3.8, 4) is 0 Å². The van der Waals surface area contributed by atoms with Crippen LogP contribution >= 0.6 is 46.4 Å². The molecule has 0 aliphatic heterocycles. The molecule has 48 heavy (non-hydrogen) atoms. The molecule has 4 aromatic rings. The molecule has 1 aliphatic rings. The third-order valence-corrected chi connectivity index (χ3v) is 11.4. The highest BCUT2D eigenvalue weighted by molar-refractivity contribution is 7.92. The Morgan fingerprint density at radius 1 is 0.812 bits per heavy atom. The van der Waals surface area contributed by atoms with E-state index in [1.165, 1.54) is 35.2 Å². The van der Waals surface area contributed by atoms with Gasteiger partial charge in [0.2, 0.25) is 11.8 Å². The lowest BCUT2D eigenvalue weighted by atomic mass is 10.0. The number of benzene rings is 4. The minimum atomic E-state index is -4.34. The van der Waals surface area contributed by atoms with Gasteiger partial charge in [0.25, 0.3) is 10.0 Å². The van der Waals surface area contributed by atoms with E-state index in [9.17, 15) is 18.0 Å². The molecule has 0 aromatic heterocycles. The Hall–Kier alpha value is -3.27. The number of anilines is 1. The molecule has 4 aromatic carbocycles. The molecule has 0 heterocycles. The SMILES string of the molecule is Cc1ccc(S(=O)(=O)N(CC(=O)N(Cc2ccc(Cl)c(Cl)c2)C(Cc2ccccc2)C(=O)NC2CCCC2)c2cc(Cl)ccc2Cl)cc1. The van der Waals surface area contributed by atoms with Crippen molar-refractivity contribution in [2.45, 2.75) is 62.6 Å². The lowest BCUT2D eigenvalue weighted by Crippen LogP contribution is -2.54. The number of nitrogens with zero attached hydrogens (tertiary/aromatic N) is 2. The molecule has 5 rings (SSSR count). The Kier molecular flexibility index (Phi) is 12.0. The number of carbonyl (C=O) groups is 2. The van der Waals surface area contributed by atoms with Gasteiger partial charge in [-0.3, -0.25) is 13.9 Å². The van der Waals surface area contributed by atoms with Crippen molar-refractivity contribution in [1.29, 1.82) is 0 Å². The van der Waals surface area contributed by atoms with Crippen LogP contribution in [0.1, 0.15) is 42.4 Å². The van der Waals surface area contributed by atoms with Gasteiger partial charge in [0.15, 0.2) is 0 Å². The summed E-state index contributed by atoms with van der Waals surface area (Å²) in [6, 6.07) is 24.0. The van der Waals surface area contributed by atoms with Crippen LogP contribution in [0.15, 0.2) is 95.9 Å². The summed E-state index contributed by atoms with van der Waals surface area (Å²) < 4.78 is 29.5. The van der Waals surface area contributed by atoms with Crippen molar-refractivity contribution in [3.05, 3.63) is 128 Å². The molecule has 252 valence electrons. The topological polar surface area (TPSA) is 86.8 Å². The summed E-state index contributed by atoms with van der Waals surface area (Å²) in [5.41, 5.74) is 2.33. The Morgan fingerprint density at radius 2 is 1.48 bits per heavy atom. The first-order valence-electron chi connectivity index (χ1n) is 15.5. The second kappa shape index (κ2) is 16.0. The maximum absolute atomic E-state index is 14.7. The van der Waals surface area contributed by atoms with Crippen LogP contribution < -0.4 is 9.62 Å². The summed E-state index contributed by atoms with van der Waals surface area (Å²) in [6.45, 7) is 1.13. The van der Waals surface area contributed by atoms with Crippen LogP contribution in [0.5, 0.6) is 0 Å². The van der Waals surface area contributed by atoms with Crippen molar-refractivity contribution < 1.29 is 18.0 Å². The predicted molar refractivity (Wildman–Crippen MR) is 194 cm³/mol. The number of hydrogen-bond donors (Lipinski definition) is 1. The summed E-state index contributed by atoms with van der Waals surface area (Å²) in [5, 5.41) is 4.09. The number of amides is 2. The fourth-order valence-electron chi connectivity index (χ4n) is 5.78. The largest absolute Gasteiger partial charge is 0.352 e. The fourth-order valence-corrected chi connectivity index (χ4v) is 7.97. The Balaban J connectivity index is 1.60. The second-order valence-corrected chi connectivity index (χ2v) is 15.4. The van der Waals surface area contributed by atoms with E-state index in [0.29, 0.717) is 10.6 Å². The molecule has 1 fully saturated rings.